The molecular formula is C58H36N4S. The zero-order chi connectivity index (χ0) is 41.4. The predicted molar refractivity (Wildman–Crippen MR) is 265 cm³/mol. The summed E-state index contributed by atoms with van der Waals surface area (Å²) in [7, 11) is 0. The van der Waals surface area contributed by atoms with E-state index in [-0.39, 0.29) is 0 Å². The van der Waals surface area contributed by atoms with Gasteiger partial charge in [-0.05, 0) is 48.5 Å². The lowest BCUT2D eigenvalue weighted by atomic mass is 9.98. The van der Waals surface area contributed by atoms with E-state index in [0.29, 0.717) is 5.82 Å². The molecule has 13 rings (SSSR count). The third kappa shape index (κ3) is 5.60. The van der Waals surface area contributed by atoms with Gasteiger partial charge in [0.25, 0.3) is 0 Å². The SMILES string of the molecule is c1ccc(-c2cc(-c3ccccc3)nc(-c3ccc(-c4ccccc4-n4c5ccccc5c5ccccc54)c(-n4c5ccccc5c5c6sc7ccccc7c6ccc54)c3)n2)cc1. The van der Waals surface area contributed by atoms with Crippen LogP contribution in [-0.2, 0) is 0 Å². The van der Waals surface area contributed by atoms with Crippen LogP contribution in [0.1, 0.15) is 0 Å². The Morgan fingerprint density at radius 3 is 1.54 bits per heavy atom. The molecule has 0 N–H and O–H groups in total. The highest BCUT2D eigenvalue weighted by molar-refractivity contribution is 7.26. The van der Waals surface area contributed by atoms with Crippen molar-refractivity contribution in [1.82, 2.24) is 19.1 Å². The molecule has 0 saturated heterocycles. The molecule has 13 aromatic rings. The molecule has 0 unspecified atom stereocenters. The summed E-state index contributed by atoms with van der Waals surface area (Å²) in [6.45, 7) is 0. The van der Waals surface area contributed by atoms with Crippen LogP contribution >= 0.6 is 11.3 Å². The van der Waals surface area contributed by atoms with Crippen LogP contribution < -0.4 is 0 Å². The number of aromatic nitrogens is 4. The van der Waals surface area contributed by atoms with Gasteiger partial charge in [0.2, 0.25) is 0 Å². The maximum Gasteiger partial charge on any atom is 0.160 e. The van der Waals surface area contributed by atoms with Crippen molar-refractivity contribution < 1.29 is 0 Å². The summed E-state index contributed by atoms with van der Waals surface area (Å²) in [5.41, 5.74) is 13.9. The second-order valence-electron chi connectivity index (χ2n) is 16.1. The normalized spacial score (nSPS) is 11.8. The molecule has 5 heteroatoms. The van der Waals surface area contributed by atoms with Gasteiger partial charge in [-0.3, -0.25) is 0 Å². The lowest BCUT2D eigenvalue weighted by Crippen LogP contribution is -2.03. The van der Waals surface area contributed by atoms with E-state index >= 15 is 0 Å². The van der Waals surface area contributed by atoms with Crippen molar-refractivity contribution in [2.24, 2.45) is 0 Å². The summed E-state index contributed by atoms with van der Waals surface area (Å²) in [4.78, 5) is 10.6. The van der Waals surface area contributed by atoms with Crippen LogP contribution in [0, 0.1) is 0 Å². The molecule has 63 heavy (non-hydrogen) atoms. The standard InChI is InChI=1S/C58H36N4S/c1-3-17-37(18-4-1)47-36-48(38-19-5-2-6-20-38)60-58(59-47)39-31-32-43(42-23-9-14-28-51(42)61-49-26-12-7-21-40(49)41-22-8-13-27-50(41)61)54(35-39)62-52-29-15-10-25-46(52)56-53(62)34-33-45-44-24-11-16-30-55(44)63-57(45)56/h1-36H. The van der Waals surface area contributed by atoms with Gasteiger partial charge < -0.3 is 9.13 Å². The first-order chi connectivity index (χ1) is 31.3. The van der Waals surface area contributed by atoms with Crippen LogP contribution in [0.25, 0.3) is 120 Å². The van der Waals surface area contributed by atoms with Crippen molar-refractivity contribution in [3.63, 3.8) is 0 Å². The Kier molecular flexibility index (Phi) is 8.05. The molecule has 0 aliphatic carbocycles. The van der Waals surface area contributed by atoms with E-state index in [4.69, 9.17) is 9.97 Å². The molecule has 0 saturated carbocycles. The molecule has 294 valence electrons. The summed E-state index contributed by atoms with van der Waals surface area (Å²) >= 11 is 1.88. The van der Waals surface area contributed by atoms with Gasteiger partial charge in [-0.1, -0.05) is 170 Å². The van der Waals surface area contributed by atoms with Gasteiger partial charge in [0.15, 0.2) is 5.82 Å². The zero-order valence-electron chi connectivity index (χ0n) is 34.0. The van der Waals surface area contributed by atoms with Crippen LogP contribution in [0.15, 0.2) is 218 Å². The largest absolute Gasteiger partial charge is 0.309 e. The van der Waals surface area contributed by atoms with Crippen LogP contribution in [0.3, 0.4) is 0 Å². The lowest BCUT2D eigenvalue weighted by molar-refractivity contribution is 1.15. The average Bonchev–Trinajstić information content (AvgIpc) is 4.02. The smallest absolute Gasteiger partial charge is 0.160 e. The number of nitrogens with zero attached hydrogens (tertiary/aromatic N) is 4. The lowest BCUT2D eigenvalue weighted by Gasteiger charge is -2.19. The first-order valence-corrected chi connectivity index (χ1v) is 22.1. The van der Waals surface area contributed by atoms with E-state index in [0.717, 1.165) is 61.6 Å². The van der Waals surface area contributed by atoms with Crippen molar-refractivity contribution in [3.8, 4) is 56.4 Å². The number of fused-ring (bicyclic) bond motifs is 10. The van der Waals surface area contributed by atoms with Crippen molar-refractivity contribution in [2.75, 3.05) is 0 Å². The van der Waals surface area contributed by atoms with Gasteiger partial charge in [0.05, 0.1) is 44.8 Å². The Labute approximate surface area is 367 Å². The zero-order valence-corrected chi connectivity index (χ0v) is 34.8. The van der Waals surface area contributed by atoms with E-state index < -0.39 is 0 Å². The van der Waals surface area contributed by atoms with E-state index in [9.17, 15) is 0 Å². The molecular weight excluding hydrogens is 785 g/mol. The number of para-hydroxylation sites is 4. The van der Waals surface area contributed by atoms with Crippen molar-refractivity contribution in [2.45, 2.75) is 0 Å². The molecule has 4 heterocycles. The Hall–Kier alpha value is -8.12. The molecule has 0 atom stereocenters. The van der Waals surface area contributed by atoms with Crippen molar-refractivity contribution in [3.05, 3.63) is 218 Å². The number of hydrogen-bond donors (Lipinski definition) is 0. The van der Waals surface area contributed by atoms with Crippen molar-refractivity contribution in [1.29, 1.82) is 0 Å². The quantitative estimate of drug-likeness (QED) is 0.167. The summed E-state index contributed by atoms with van der Waals surface area (Å²) < 4.78 is 7.51. The van der Waals surface area contributed by atoms with Gasteiger partial charge in [-0.25, -0.2) is 9.97 Å². The highest BCUT2D eigenvalue weighted by Crippen LogP contribution is 2.46. The minimum atomic E-state index is 0.673. The topological polar surface area (TPSA) is 35.6 Å². The van der Waals surface area contributed by atoms with Gasteiger partial charge >= 0.3 is 0 Å². The Morgan fingerprint density at radius 1 is 0.333 bits per heavy atom. The van der Waals surface area contributed by atoms with Gasteiger partial charge in [0, 0.05) is 69.5 Å². The molecule has 0 bridgehead atoms. The fourth-order valence-electron chi connectivity index (χ4n) is 9.75. The minimum Gasteiger partial charge on any atom is -0.309 e. The molecule has 0 fully saturated rings. The molecule has 0 spiro atoms. The molecule has 0 aliphatic heterocycles. The monoisotopic (exact) mass is 820 g/mol. The van der Waals surface area contributed by atoms with Gasteiger partial charge in [-0.15, -0.1) is 11.3 Å². The molecule has 4 aromatic heterocycles. The third-order valence-corrected chi connectivity index (χ3v) is 13.8. The number of thiophene rings is 1. The first-order valence-electron chi connectivity index (χ1n) is 21.3. The summed E-state index contributed by atoms with van der Waals surface area (Å²) in [5, 5.41) is 7.55. The fraction of sp³-hybridized carbons (Fsp3) is 0. The summed E-state index contributed by atoms with van der Waals surface area (Å²) in [6.07, 6.45) is 0. The van der Waals surface area contributed by atoms with Crippen LogP contribution in [-0.4, -0.2) is 19.1 Å². The van der Waals surface area contributed by atoms with E-state index in [1.165, 1.54) is 52.8 Å². The number of benzene rings is 9. The van der Waals surface area contributed by atoms with Crippen LogP contribution in [0.5, 0.6) is 0 Å². The van der Waals surface area contributed by atoms with E-state index in [1.807, 2.05) is 23.5 Å². The third-order valence-electron chi connectivity index (χ3n) is 12.6. The van der Waals surface area contributed by atoms with Crippen molar-refractivity contribution >= 4 is 75.1 Å². The highest BCUT2D eigenvalue weighted by atomic mass is 32.1. The number of rotatable bonds is 6. The summed E-state index contributed by atoms with van der Waals surface area (Å²) in [5.74, 6) is 0.673. The molecule has 4 nitrogen and oxygen atoms in total. The van der Waals surface area contributed by atoms with Gasteiger partial charge in [0.1, 0.15) is 0 Å². The predicted octanol–water partition coefficient (Wildman–Crippen LogP) is 15.7. The number of hydrogen-bond acceptors (Lipinski definition) is 3. The highest BCUT2D eigenvalue weighted by Gasteiger charge is 2.23. The molecule has 0 aliphatic rings. The van der Waals surface area contributed by atoms with E-state index in [2.05, 4.69) is 215 Å². The summed E-state index contributed by atoms with van der Waals surface area (Å²) in [6, 6.07) is 78.4. The molecule has 0 amide bonds. The Balaban J connectivity index is 1.13. The van der Waals surface area contributed by atoms with Crippen LogP contribution in [0.4, 0.5) is 0 Å². The Bertz CT molecular complexity index is 3800. The second-order valence-corrected chi connectivity index (χ2v) is 17.2. The molecule has 9 aromatic carbocycles. The van der Waals surface area contributed by atoms with Crippen LogP contribution in [0.2, 0.25) is 0 Å². The second kappa shape index (κ2) is 14.2. The minimum absolute atomic E-state index is 0.673. The Morgan fingerprint density at radius 2 is 0.857 bits per heavy atom. The molecule has 0 radical (unpaired) electrons. The maximum atomic E-state index is 5.32. The average molecular weight is 821 g/mol. The fourth-order valence-corrected chi connectivity index (χ4v) is 11.0. The first kappa shape index (κ1) is 35.6. The van der Waals surface area contributed by atoms with E-state index in [1.54, 1.807) is 0 Å². The maximum absolute atomic E-state index is 5.32. The van der Waals surface area contributed by atoms with Gasteiger partial charge in [-0.2, -0.15) is 0 Å².